The van der Waals surface area contributed by atoms with Crippen LogP contribution in [0.4, 0.5) is 4.79 Å². The largest absolute Gasteiger partial charge is 0.463 e. The summed E-state index contributed by atoms with van der Waals surface area (Å²) in [6.45, 7) is 7.71. The molecule has 114 valence electrons. The van der Waals surface area contributed by atoms with E-state index in [0.717, 1.165) is 31.3 Å². The number of rotatable bonds is 3. The van der Waals surface area contributed by atoms with Crippen molar-refractivity contribution in [3.05, 3.63) is 11.6 Å². The van der Waals surface area contributed by atoms with Crippen molar-refractivity contribution >= 4 is 12.1 Å². The number of hydrogen-bond acceptors (Lipinski definition) is 4. The van der Waals surface area contributed by atoms with Crippen molar-refractivity contribution in [3.8, 4) is 0 Å². The maximum atomic E-state index is 11.6. The summed E-state index contributed by atoms with van der Waals surface area (Å²) < 4.78 is 10.1. The lowest BCUT2D eigenvalue weighted by atomic mass is 9.90. The Bertz CT molecular complexity index is 372. The molecule has 0 aliphatic heterocycles. The van der Waals surface area contributed by atoms with Crippen molar-refractivity contribution in [1.82, 2.24) is 5.32 Å². The predicted molar refractivity (Wildman–Crippen MR) is 76.3 cm³/mol. The van der Waals surface area contributed by atoms with Crippen LogP contribution in [0, 0.1) is 0 Å². The lowest BCUT2D eigenvalue weighted by molar-refractivity contribution is -0.137. The number of carbonyl (C=O) groups excluding carboxylic acids is 2. The van der Waals surface area contributed by atoms with E-state index < -0.39 is 5.60 Å². The number of hydrogen-bond donors (Lipinski definition) is 1. The van der Waals surface area contributed by atoms with Crippen LogP contribution in [0.25, 0.3) is 0 Å². The Kier molecular flexibility index (Phi) is 6.05. The van der Waals surface area contributed by atoms with E-state index in [4.69, 9.17) is 9.47 Å². The maximum Gasteiger partial charge on any atom is 0.407 e. The molecule has 1 fully saturated rings. The Balaban J connectivity index is 2.35. The summed E-state index contributed by atoms with van der Waals surface area (Å²) in [5, 5.41) is 2.87. The van der Waals surface area contributed by atoms with Gasteiger partial charge in [0.25, 0.3) is 0 Å². The molecule has 5 heteroatoms. The smallest absolute Gasteiger partial charge is 0.407 e. The molecule has 0 saturated heterocycles. The normalized spacial score (nSPS) is 19.2. The fourth-order valence-corrected chi connectivity index (χ4v) is 2.10. The standard InChI is InChI=1S/C15H25NO4/c1-5-19-13(17)10-11-6-8-12(9-7-11)16-14(18)20-15(2,3)4/h10,12H,5-9H2,1-4H3,(H,16,18). The molecular weight excluding hydrogens is 258 g/mol. The first-order valence-electron chi connectivity index (χ1n) is 7.16. The Hall–Kier alpha value is -1.52. The molecule has 1 amide bonds. The van der Waals surface area contributed by atoms with Gasteiger partial charge in [-0.2, -0.15) is 0 Å². The van der Waals surface area contributed by atoms with Gasteiger partial charge in [0.2, 0.25) is 0 Å². The highest BCUT2D eigenvalue weighted by Crippen LogP contribution is 2.23. The van der Waals surface area contributed by atoms with Gasteiger partial charge in [0.1, 0.15) is 5.60 Å². The second-order valence-electron chi connectivity index (χ2n) is 5.98. The third-order valence-corrected chi connectivity index (χ3v) is 2.96. The zero-order valence-corrected chi connectivity index (χ0v) is 12.8. The fourth-order valence-electron chi connectivity index (χ4n) is 2.10. The quantitative estimate of drug-likeness (QED) is 0.639. The molecule has 0 unspecified atom stereocenters. The van der Waals surface area contributed by atoms with Crippen LogP contribution in [-0.2, 0) is 14.3 Å². The molecule has 1 aliphatic rings. The predicted octanol–water partition coefficient (Wildman–Crippen LogP) is 2.94. The molecular formula is C15H25NO4. The Morgan fingerprint density at radius 2 is 1.90 bits per heavy atom. The van der Waals surface area contributed by atoms with Crippen molar-refractivity contribution in [2.45, 2.75) is 65.0 Å². The van der Waals surface area contributed by atoms with Crippen molar-refractivity contribution in [2.24, 2.45) is 0 Å². The van der Waals surface area contributed by atoms with Crippen LogP contribution in [-0.4, -0.2) is 30.3 Å². The van der Waals surface area contributed by atoms with E-state index in [9.17, 15) is 9.59 Å². The Morgan fingerprint density at radius 1 is 1.30 bits per heavy atom. The molecule has 5 nitrogen and oxygen atoms in total. The third-order valence-electron chi connectivity index (χ3n) is 2.96. The van der Waals surface area contributed by atoms with E-state index in [1.54, 1.807) is 13.0 Å². The second kappa shape index (κ2) is 7.31. The van der Waals surface area contributed by atoms with E-state index in [0.29, 0.717) is 6.61 Å². The third kappa shape index (κ3) is 6.59. The van der Waals surface area contributed by atoms with Crippen molar-refractivity contribution < 1.29 is 19.1 Å². The van der Waals surface area contributed by atoms with Crippen LogP contribution in [0.2, 0.25) is 0 Å². The second-order valence-corrected chi connectivity index (χ2v) is 5.98. The van der Waals surface area contributed by atoms with Gasteiger partial charge in [-0.1, -0.05) is 5.57 Å². The van der Waals surface area contributed by atoms with Crippen molar-refractivity contribution in [1.29, 1.82) is 0 Å². The molecule has 20 heavy (non-hydrogen) atoms. The molecule has 1 rings (SSSR count). The summed E-state index contributed by atoms with van der Waals surface area (Å²) in [5.74, 6) is -0.277. The number of esters is 1. The number of ether oxygens (including phenoxy) is 2. The first-order valence-corrected chi connectivity index (χ1v) is 7.16. The number of allylic oxidation sites excluding steroid dienone is 1. The molecule has 0 aromatic heterocycles. The molecule has 0 atom stereocenters. The first-order chi connectivity index (χ1) is 9.30. The summed E-state index contributed by atoms with van der Waals surface area (Å²) in [5.41, 5.74) is 0.610. The average Bonchev–Trinajstić information content (AvgIpc) is 2.29. The van der Waals surface area contributed by atoms with Crippen LogP contribution < -0.4 is 5.32 Å². The van der Waals surface area contributed by atoms with Gasteiger partial charge in [0.05, 0.1) is 6.61 Å². The first kappa shape index (κ1) is 16.5. The maximum absolute atomic E-state index is 11.6. The summed E-state index contributed by atoms with van der Waals surface area (Å²) in [7, 11) is 0. The zero-order valence-electron chi connectivity index (χ0n) is 12.8. The average molecular weight is 283 g/mol. The van der Waals surface area contributed by atoms with Gasteiger partial charge in [-0.05, 0) is 53.4 Å². The SMILES string of the molecule is CCOC(=O)C=C1CCC(NC(=O)OC(C)(C)C)CC1. The van der Waals surface area contributed by atoms with Gasteiger partial charge in [0.15, 0.2) is 0 Å². The van der Waals surface area contributed by atoms with Gasteiger partial charge in [-0.3, -0.25) is 0 Å². The molecule has 1 N–H and O–H groups in total. The molecule has 0 spiro atoms. The summed E-state index contributed by atoms with van der Waals surface area (Å²) in [6.07, 6.45) is 4.46. The van der Waals surface area contributed by atoms with Gasteiger partial charge < -0.3 is 14.8 Å². The highest BCUT2D eigenvalue weighted by Gasteiger charge is 2.22. The molecule has 1 saturated carbocycles. The minimum atomic E-state index is -0.478. The van der Waals surface area contributed by atoms with E-state index in [1.807, 2.05) is 20.8 Å². The fraction of sp³-hybridized carbons (Fsp3) is 0.733. The minimum Gasteiger partial charge on any atom is -0.463 e. The lowest BCUT2D eigenvalue weighted by Crippen LogP contribution is -2.40. The van der Waals surface area contributed by atoms with Gasteiger partial charge >= 0.3 is 12.1 Å². The molecule has 0 aromatic rings. The van der Waals surface area contributed by atoms with Crippen molar-refractivity contribution in [3.63, 3.8) is 0 Å². The molecule has 1 aliphatic carbocycles. The van der Waals surface area contributed by atoms with Crippen LogP contribution >= 0.6 is 0 Å². The molecule has 0 radical (unpaired) electrons. The summed E-state index contributed by atoms with van der Waals surface area (Å²) >= 11 is 0. The summed E-state index contributed by atoms with van der Waals surface area (Å²) in [4.78, 5) is 23.0. The van der Waals surface area contributed by atoms with Gasteiger partial charge in [0, 0.05) is 12.1 Å². The van der Waals surface area contributed by atoms with E-state index >= 15 is 0 Å². The van der Waals surface area contributed by atoms with Crippen LogP contribution in [0.15, 0.2) is 11.6 Å². The molecule has 0 bridgehead atoms. The van der Waals surface area contributed by atoms with Gasteiger partial charge in [-0.25, -0.2) is 9.59 Å². The van der Waals surface area contributed by atoms with E-state index in [1.165, 1.54) is 0 Å². The zero-order chi connectivity index (χ0) is 15.2. The highest BCUT2D eigenvalue weighted by molar-refractivity contribution is 5.82. The van der Waals surface area contributed by atoms with Crippen LogP contribution in [0.5, 0.6) is 0 Å². The van der Waals surface area contributed by atoms with E-state index in [2.05, 4.69) is 5.32 Å². The van der Waals surface area contributed by atoms with Gasteiger partial charge in [-0.15, -0.1) is 0 Å². The Morgan fingerprint density at radius 3 is 2.40 bits per heavy atom. The number of alkyl carbamates (subject to hydrolysis) is 1. The van der Waals surface area contributed by atoms with Crippen LogP contribution in [0.3, 0.4) is 0 Å². The number of nitrogens with one attached hydrogen (secondary N) is 1. The Labute approximate surface area is 120 Å². The highest BCUT2D eigenvalue weighted by atomic mass is 16.6. The minimum absolute atomic E-state index is 0.115. The monoisotopic (exact) mass is 283 g/mol. The number of amides is 1. The van der Waals surface area contributed by atoms with Crippen molar-refractivity contribution in [2.75, 3.05) is 6.61 Å². The number of carbonyl (C=O) groups is 2. The summed E-state index contributed by atoms with van der Waals surface area (Å²) in [6, 6.07) is 0.115. The lowest BCUT2D eigenvalue weighted by Gasteiger charge is -2.27. The topological polar surface area (TPSA) is 64.6 Å². The van der Waals surface area contributed by atoms with E-state index in [-0.39, 0.29) is 18.1 Å². The molecule has 0 heterocycles. The molecule has 0 aromatic carbocycles. The van der Waals surface area contributed by atoms with Crippen LogP contribution in [0.1, 0.15) is 53.4 Å².